The monoisotopic (exact) mass is 431 g/mol. The maximum Gasteiger partial charge on any atom is 0.291 e. The number of alkyl halides is 2. The van der Waals surface area contributed by atoms with Gasteiger partial charge in [-0.3, -0.25) is 9.59 Å². The number of hydrogen-bond acceptors (Lipinski definition) is 6. The summed E-state index contributed by atoms with van der Waals surface area (Å²) in [6.07, 6.45) is 0. The summed E-state index contributed by atoms with van der Waals surface area (Å²) in [6.45, 7) is 3.22. The molecule has 1 fully saturated rings. The first-order valence-corrected chi connectivity index (χ1v) is 9.92. The van der Waals surface area contributed by atoms with Crippen LogP contribution in [0.15, 0.2) is 39.9 Å². The fourth-order valence-electron chi connectivity index (χ4n) is 3.60. The molecule has 1 saturated heterocycles. The van der Waals surface area contributed by atoms with Gasteiger partial charge in [0.05, 0.1) is 18.6 Å². The SMILES string of the molecule is Cn1nc(NCc2cccc(C(C)(F)F)c2)c2cc(N3CCOCC3)c(=O)[nH]c2c1=O. The number of halogens is 2. The molecule has 0 unspecified atom stereocenters. The number of ether oxygens (including phenoxy) is 1. The van der Waals surface area contributed by atoms with Crippen molar-refractivity contribution < 1.29 is 13.5 Å². The normalized spacial score (nSPS) is 14.8. The standard InChI is InChI=1S/C21H23F2N5O3/c1-21(22,23)14-5-3-4-13(10-14)12-24-18-15-11-16(28-6-8-31-9-7-28)19(29)25-17(15)20(30)27(2)26-18/h3-5,10-11H,6-9,12H2,1-2H3,(H,24,26)(H,25,29). The van der Waals surface area contributed by atoms with E-state index >= 15 is 0 Å². The maximum absolute atomic E-state index is 13.6. The van der Waals surface area contributed by atoms with Crippen LogP contribution in [0.4, 0.5) is 20.3 Å². The number of hydrogen-bond donors (Lipinski definition) is 2. The lowest BCUT2D eigenvalue weighted by Crippen LogP contribution is -2.39. The van der Waals surface area contributed by atoms with Crippen LogP contribution >= 0.6 is 0 Å². The molecule has 3 heterocycles. The molecule has 0 amide bonds. The zero-order chi connectivity index (χ0) is 22.2. The second-order valence-electron chi connectivity index (χ2n) is 7.59. The van der Waals surface area contributed by atoms with Crippen molar-refractivity contribution in [2.45, 2.75) is 19.4 Å². The summed E-state index contributed by atoms with van der Waals surface area (Å²) in [5.74, 6) is -2.57. The Labute approximate surface area is 176 Å². The smallest absolute Gasteiger partial charge is 0.291 e. The number of nitrogens with zero attached hydrogens (tertiary/aromatic N) is 3. The third-order valence-electron chi connectivity index (χ3n) is 5.28. The number of morpholine rings is 1. The molecule has 2 N–H and O–H groups in total. The van der Waals surface area contributed by atoms with Crippen LogP contribution in [0.2, 0.25) is 0 Å². The minimum Gasteiger partial charge on any atom is -0.378 e. The number of aryl methyl sites for hydroxylation is 1. The first-order chi connectivity index (χ1) is 14.7. The Balaban J connectivity index is 1.72. The minimum absolute atomic E-state index is 0.0796. The van der Waals surface area contributed by atoms with Crippen molar-refractivity contribution in [2.24, 2.45) is 7.05 Å². The summed E-state index contributed by atoms with van der Waals surface area (Å²) in [4.78, 5) is 29.7. The van der Waals surface area contributed by atoms with Crippen LogP contribution in [-0.2, 0) is 24.3 Å². The first-order valence-electron chi connectivity index (χ1n) is 9.92. The molecule has 8 nitrogen and oxygen atoms in total. The molecule has 0 bridgehead atoms. The highest BCUT2D eigenvalue weighted by atomic mass is 19.3. The fourth-order valence-corrected chi connectivity index (χ4v) is 3.60. The summed E-state index contributed by atoms with van der Waals surface area (Å²) in [6, 6.07) is 7.76. The summed E-state index contributed by atoms with van der Waals surface area (Å²) in [7, 11) is 1.49. The lowest BCUT2D eigenvalue weighted by molar-refractivity contribution is 0.0174. The Morgan fingerprint density at radius 2 is 1.97 bits per heavy atom. The largest absolute Gasteiger partial charge is 0.378 e. The van der Waals surface area contributed by atoms with E-state index in [2.05, 4.69) is 15.4 Å². The Morgan fingerprint density at radius 1 is 1.23 bits per heavy atom. The zero-order valence-corrected chi connectivity index (χ0v) is 17.2. The van der Waals surface area contributed by atoms with E-state index in [9.17, 15) is 18.4 Å². The number of aromatic amines is 1. The van der Waals surface area contributed by atoms with Crippen LogP contribution in [0.3, 0.4) is 0 Å². The molecule has 0 aliphatic carbocycles. The van der Waals surface area contributed by atoms with Crippen molar-refractivity contribution in [1.82, 2.24) is 14.8 Å². The summed E-state index contributed by atoms with van der Waals surface area (Å²) >= 11 is 0. The average molecular weight is 431 g/mol. The fraction of sp³-hybridized carbons (Fsp3) is 0.381. The average Bonchev–Trinajstić information content (AvgIpc) is 2.75. The van der Waals surface area contributed by atoms with Crippen LogP contribution in [0.25, 0.3) is 10.9 Å². The number of benzene rings is 1. The second kappa shape index (κ2) is 8.10. The molecular formula is C21H23F2N5O3. The van der Waals surface area contributed by atoms with E-state index in [-0.39, 0.29) is 23.2 Å². The van der Waals surface area contributed by atoms with Gasteiger partial charge in [-0.1, -0.05) is 18.2 Å². The van der Waals surface area contributed by atoms with Crippen molar-refractivity contribution in [2.75, 3.05) is 36.5 Å². The van der Waals surface area contributed by atoms with Gasteiger partial charge >= 0.3 is 0 Å². The van der Waals surface area contributed by atoms with Crippen molar-refractivity contribution in [3.63, 3.8) is 0 Å². The van der Waals surface area contributed by atoms with Crippen LogP contribution < -0.4 is 21.3 Å². The number of anilines is 2. The van der Waals surface area contributed by atoms with Gasteiger partial charge in [0.25, 0.3) is 17.0 Å². The molecule has 0 atom stereocenters. The number of pyridine rings is 1. The van der Waals surface area contributed by atoms with Crippen molar-refractivity contribution in [3.8, 4) is 0 Å². The van der Waals surface area contributed by atoms with Crippen molar-refractivity contribution in [3.05, 3.63) is 62.2 Å². The van der Waals surface area contributed by atoms with Gasteiger partial charge < -0.3 is 19.9 Å². The predicted molar refractivity (Wildman–Crippen MR) is 114 cm³/mol. The van der Waals surface area contributed by atoms with Gasteiger partial charge in [-0.05, 0) is 17.7 Å². The Morgan fingerprint density at radius 3 is 2.68 bits per heavy atom. The van der Waals surface area contributed by atoms with Crippen LogP contribution in [-0.4, -0.2) is 41.1 Å². The van der Waals surface area contributed by atoms with Crippen molar-refractivity contribution in [1.29, 1.82) is 0 Å². The maximum atomic E-state index is 13.6. The van der Waals surface area contributed by atoms with E-state index in [1.165, 1.54) is 19.2 Å². The molecular weight excluding hydrogens is 408 g/mol. The minimum atomic E-state index is -2.94. The molecule has 0 spiro atoms. The van der Waals surface area contributed by atoms with Crippen LogP contribution in [0.1, 0.15) is 18.1 Å². The van der Waals surface area contributed by atoms with Gasteiger partial charge in [0, 0.05) is 39.2 Å². The Kier molecular flexibility index (Phi) is 5.48. The third kappa shape index (κ3) is 4.29. The molecule has 0 radical (unpaired) electrons. The van der Waals surface area contributed by atoms with Gasteiger partial charge in [-0.15, -0.1) is 0 Å². The molecule has 3 aromatic rings. The molecule has 164 valence electrons. The zero-order valence-electron chi connectivity index (χ0n) is 17.2. The van der Waals surface area contributed by atoms with E-state index in [1.807, 2.05) is 4.90 Å². The molecule has 31 heavy (non-hydrogen) atoms. The van der Waals surface area contributed by atoms with Crippen LogP contribution in [0.5, 0.6) is 0 Å². The summed E-state index contributed by atoms with van der Waals surface area (Å²) < 4.78 is 33.8. The highest BCUT2D eigenvalue weighted by Crippen LogP contribution is 2.28. The molecule has 1 aliphatic heterocycles. The van der Waals surface area contributed by atoms with E-state index in [4.69, 9.17) is 4.74 Å². The third-order valence-corrected chi connectivity index (χ3v) is 5.28. The Bertz CT molecular complexity index is 1230. The lowest BCUT2D eigenvalue weighted by Gasteiger charge is -2.28. The number of H-pyrrole nitrogens is 1. The summed E-state index contributed by atoms with van der Waals surface area (Å²) in [5.41, 5.74) is 0.336. The second-order valence-corrected chi connectivity index (χ2v) is 7.59. The van der Waals surface area contributed by atoms with Gasteiger partial charge in [0.1, 0.15) is 11.2 Å². The molecule has 1 aromatic carbocycles. The number of fused-ring (bicyclic) bond motifs is 1. The van der Waals surface area contributed by atoms with Gasteiger partial charge in [0.2, 0.25) is 0 Å². The molecule has 10 heteroatoms. The molecule has 1 aliphatic rings. The van der Waals surface area contributed by atoms with E-state index in [0.29, 0.717) is 48.8 Å². The predicted octanol–water partition coefficient (Wildman–Crippen LogP) is 2.18. The van der Waals surface area contributed by atoms with Crippen LogP contribution in [0, 0.1) is 0 Å². The quantitative estimate of drug-likeness (QED) is 0.644. The summed E-state index contributed by atoms with van der Waals surface area (Å²) in [5, 5.41) is 7.86. The number of rotatable bonds is 5. The molecule has 4 rings (SSSR count). The molecule has 2 aromatic heterocycles. The number of aromatic nitrogens is 3. The first kappa shape index (κ1) is 21.0. The molecule has 0 saturated carbocycles. The van der Waals surface area contributed by atoms with Gasteiger partial charge in [0.15, 0.2) is 5.82 Å². The highest BCUT2D eigenvalue weighted by Gasteiger charge is 2.24. The topological polar surface area (TPSA) is 92.2 Å². The van der Waals surface area contributed by atoms with Gasteiger partial charge in [-0.2, -0.15) is 5.10 Å². The van der Waals surface area contributed by atoms with E-state index in [0.717, 1.165) is 11.6 Å². The lowest BCUT2D eigenvalue weighted by atomic mass is 10.1. The van der Waals surface area contributed by atoms with Gasteiger partial charge in [-0.25, -0.2) is 13.5 Å². The van der Waals surface area contributed by atoms with E-state index in [1.54, 1.807) is 18.2 Å². The Hall–Kier alpha value is -3.27. The number of nitrogens with one attached hydrogen (secondary N) is 2. The van der Waals surface area contributed by atoms with E-state index < -0.39 is 11.5 Å². The highest BCUT2D eigenvalue weighted by molar-refractivity contribution is 5.90. The van der Waals surface area contributed by atoms with Crippen molar-refractivity contribution >= 4 is 22.4 Å².